The third kappa shape index (κ3) is 2.24. The number of imidazole rings is 1. The van der Waals surface area contributed by atoms with Gasteiger partial charge in [0, 0.05) is 29.5 Å². The second kappa shape index (κ2) is 4.65. The van der Waals surface area contributed by atoms with Crippen LogP contribution in [0.25, 0.3) is 0 Å². The maximum atomic E-state index is 11.6. The number of aromatic nitrogens is 3. The van der Waals surface area contributed by atoms with E-state index in [-0.39, 0.29) is 5.56 Å². The van der Waals surface area contributed by atoms with E-state index in [1.807, 2.05) is 4.57 Å². The summed E-state index contributed by atoms with van der Waals surface area (Å²) in [6.07, 6.45) is 5.35. The molecule has 5 heteroatoms. The SMILES string of the molecule is CCn1cncc1Cn1cc(Br)ccc1=O. The fourth-order valence-corrected chi connectivity index (χ4v) is 1.94. The lowest BCUT2D eigenvalue weighted by Gasteiger charge is -2.07. The van der Waals surface area contributed by atoms with Crippen LogP contribution in [-0.2, 0) is 13.1 Å². The molecule has 0 aliphatic rings. The van der Waals surface area contributed by atoms with Gasteiger partial charge in [-0.1, -0.05) is 0 Å². The standard InChI is InChI=1S/C11H12BrN3O/c1-2-14-8-13-5-10(14)7-15-6-9(12)3-4-11(15)16/h3-6,8H,2,7H2,1H3. The van der Waals surface area contributed by atoms with Gasteiger partial charge in [-0.2, -0.15) is 0 Å². The fourth-order valence-electron chi connectivity index (χ4n) is 1.56. The molecule has 2 heterocycles. The number of hydrogen-bond acceptors (Lipinski definition) is 2. The zero-order chi connectivity index (χ0) is 11.5. The van der Waals surface area contributed by atoms with Crippen LogP contribution in [0, 0.1) is 0 Å². The van der Waals surface area contributed by atoms with E-state index < -0.39 is 0 Å². The first-order valence-corrected chi connectivity index (χ1v) is 5.85. The number of aryl methyl sites for hydroxylation is 1. The minimum Gasteiger partial charge on any atom is -0.333 e. The summed E-state index contributed by atoms with van der Waals surface area (Å²) >= 11 is 3.35. The average molecular weight is 282 g/mol. The molecule has 0 aliphatic carbocycles. The largest absolute Gasteiger partial charge is 0.333 e. The van der Waals surface area contributed by atoms with E-state index in [1.54, 1.807) is 35.4 Å². The third-order valence-electron chi connectivity index (χ3n) is 2.42. The van der Waals surface area contributed by atoms with Gasteiger partial charge in [-0.15, -0.1) is 0 Å². The highest BCUT2D eigenvalue weighted by Crippen LogP contribution is 2.07. The number of rotatable bonds is 3. The zero-order valence-electron chi connectivity index (χ0n) is 8.93. The number of pyridine rings is 1. The van der Waals surface area contributed by atoms with E-state index in [2.05, 4.69) is 27.8 Å². The Morgan fingerprint density at radius 2 is 2.19 bits per heavy atom. The predicted molar refractivity (Wildman–Crippen MR) is 65.4 cm³/mol. The highest BCUT2D eigenvalue weighted by molar-refractivity contribution is 9.10. The van der Waals surface area contributed by atoms with Gasteiger partial charge in [0.15, 0.2) is 0 Å². The van der Waals surface area contributed by atoms with Crippen molar-refractivity contribution in [3.8, 4) is 0 Å². The summed E-state index contributed by atoms with van der Waals surface area (Å²) < 4.78 is 4.58. The molecule has 4 nitrogen and oxygen atoms in total. The van der Waals surface area contributed by atoms with Crippen molar-refractivity contribution in [1.29, 1.82) is 0 Å². The minimum atomic E-state index is -0.00736. The van der Waals surface area contributed by atoms with Gasteiger partial charge in [0.05, 0.1) is 18.6 Å². The number of halogens is 1. The molecule has 0 bridgehead atoms. The van der Waals surface area contributed by atoms with Crippen molar-refractivity contribution in [3.63, 3.8) is 0 Å². The van der Waals surface area contributed by atoms with Gasteiger partial charge < -0.3 is 9.13 Å². The smallest absolute Gasteiger partial charge is 0.250 e. The molecule has 0 atom stereocenters. The van der Waals surface area contributed by atoms with Crippen LogP contribution in [0.5, 0.6) is 0 Å². The Morgan fingerprint density at radius 3 is 2.94 bits per heavy atom. The van der Waals surface area contributed by atoms with Crippen LogP contribution >= 0.6 is 15.9 Å². The van der Waals surface area contributed by atoms with Crippen molar-refractivity contribution in [2.45, 2.75) is 20.0 Å². The monoisotopic (exact) mass is 281 g/mol. The second-order valence-electron chi connectivity index (χ2n) is 3.48. The highest BCUT2D eigenvalue weighted by Gasteiger charge is 2.03. The van der Waals surface area contributed by atoms with Crippen LogP contribution in [0.2, 0.25) is 0 Å². The Hall–Kier alpha value is -1.36. The van der Waals surface area contributed by atoms with Gasteiger partial charge in [0.2, 0.25) is 0 Å². The average Bonchev–Trinajstić information content (AvgIpc) is 2.71. The predicted octanol–water partition coefficient (Wildman–Crippen LogP) is 1.88. The summed E-state index contributed by atoms with van der Waals surface area (Å²) in [5.41, 5.74) is 1.02. The maximum Gasteiger partial charge on any atom is 0.250 e. The van der Waals surface area contributed by atoms with Crippen LogP contribution in [-0.4, -0.2) is 14.1 Å². The lowest BCUT2D eigenvalue weighted by atomic mass is 10.4. The molecule has 0 amide bonds. The Bertz CT molecular complexity index is 544. The zero-order valence-corrected chi connectivity index (χ0v) is 10.5. The van der Waals surface area contributed by atoms with E-state index in [0.717, 1.165) is 16.7 Å². The molecule has 0 aromatic carbocycles. The first kappa shape index (κ1) is 11.1. The second-order valence-corrected chi connectivity index (χ2v) is 4.40. The molecule has 0 radical (unpaired) electrons. The molecule has 0 saturated carbocycles. The summed E-state index contributed by atoms with van der Waals surface area (Å²) in [5.74, 6) is 0. The molecular weight excluding hydrogens is 270 g/mol. The topological polar surface area (TPSA) is 39.8 Å². The lowest BCUT2D eigenvalue weighted by Crippen LogP contribution is -2.20. The molecule has 2 aromatic rings. The van der Waals surface area contributed by atoms with Gasteiger partial charge in [-0.05, 0) is 28.9 Å². The Kier molecular flexibility index (Phi) is 3.24. The molecular formula is C11H12BrN3O. The molecule has 0 spiro atoms. The van der Waals surface area contributed by atoms with Crippen molar-refractivity contribution in [2.75, 3.05) is 0 Å². The summed E-state index contributed by atoms with van der Waals surface area (Å²) in [4.78, 5) is 15.7. The van der Waals surface area contributed by atoms with E-state index in [4.69, 9.17) is 0 Å². The van der Waals surface area contributed by atoms with Crippen LogP contribution < -0.4 is 5.56 Å². The summed E-state index contributed by atoms with van der Waals surface area (Å²) in [6, 6.07) is 3.30. The van der Waals surface area contributed by atoms with Crippen molar-refractivity contribution in [3.05, 3.63) is 51.4 Å². The lowest BCUT2D eigenvalue weighted by molar-refractivity contribution is 0.655. The maximum absolute atomic E-state index is 11.6. The molecule has 2 rings (SSSR count). The first-order chi connectivity index (χ1) is 7.70. The number of nitrogens with zero attached hydrogens (tertiary/aromatic N) is 3. The summed E-state index contributed by atoms with van der Waals surface area (Å²) in [7, 11) is 0. The van der Waals surface area contributed by atoms with Gasteiger partial charge in [0.1, 0.15) is 0 Å². The van der Waals surface area contributed by atoms with Gasteiger partial charge in [-0.3, -0.25) is 4.79 Å². The molecule has 84 valence electrons. The van der Waals surface area contributed by atoms with E-state index in [1.165, 1.54) is 0 Å². The first-order valence-electron chi connectivity index (χ1n) is 5.05. The molecule has 0 N–H and O–H groups in total. The molecule has 2 aromatic heterocycles. The van der Waals surface area contributed by atoms with Crippen LogP contribution in [0.4, 0.5) is 0 Å². The highest BCUT2D eigenvalue weighted by atomic mass is 79.9. The van der Waals surface area contributed by atoms with Gasteiger partial charge in [0.25, 0.3) is 5.56 Å². The minimum absolute atomic E-state index is 0.00736. The van der Waals surface area contributed by atoms with Crippen LogP contribution in [0.1, 0.15) is 12.6 Å². The Labute approximate surface area is 102 Å². The van der Waals surface area contributed by atoms with Crippen molar-refractivity contribution < 1.29 is 0 Å². The number of hydrogen-bond donors (Lipinski definition) is 0. The van der Waals surface area contributed by atoms with Crippen LogP contribution in [0.15, 0.2) is 40.1 Å². The fraction of sp³-hybridized carbons (Fsp3) is 0.273. The molecule has 0 fully saturated rings. The molecule has 0 saturated heterocycles. The van der Waals surface area contributed by atoms with Crippen molar-refractivity contribution in [2.24, 2.45) is 0 Å². The van der Waals surface area contributed by atoms with Crippen molar-refractivity contribution >= 4 is 15.9 Å². The summed E-state index contributed by atoms with van der Waals surface area (Å²) in [6.45, 7) is 3.46. The quantitative estimate of drug-likeness (QED) is 0.862. The molecule has 16 heavy (non-hydrogen) atoms. The van der Waals surface area contributed by atoms with Gasteiger partial charge in [-0.25, -0.2) is 4.98 Å². The molecule has 0 unspecified atom stereocenters. The third-order valence-corrected chi connectivity index (χ3v) is 2.89. The normalized spacial score (nSPS) is 10.6. The Balaban J connectivity index is 2.33. The Morgan fingerprint density at radius 1 is 1.38 bits per heavy atom. The van der Waals surface area contributed by atoms with E-state index in [0.29, 0.717) is 6.54 Å². The van der Waals surface area contributed by atoms with Gasteiger partial charge >= 0.3 is 0 Å². The van der Waals surface area contributed by atoms with Crippen molar-refractivity contribution in [1.82, 2.24) is 14.1 Å². The van der Waals surface area contributed by atoms with E-state index >= 15 is 0 Å². The molecule has 0 aliphatic heterocycles. The van der Waals surface area contributed by atoms with E-state index in [9.17, 15) is 4.79 Å². The summed E-state index contributed by atoms with van der Waals surface area (Å²) in [5, 5.41) is 0. The van der Waals surface area contributed by atoms with Crippen LogP contribution in [0.3, 0.4) is 0 Å².